The fraction of sp³-hybridized carbons (Fsp3) is 0.900. The van der Waals surface area contributed by atoms with Gasteiger partial charge in [-0.2, -0.15) is 0 Å². The van der Waals surface area contributed by atoms with Gasteiger partial charge in [0.25, 0.3) is 0 Å². The molecule has 1 heterocycles. The average molecular weight is 185 g/mol. The van der Waals surface area contributed by atoms with Crippen LogP contribution in [-0.2, 0) is 0 Å². The molecule has 2 heteroatoms. The summed E-state index contributed by atoms with van der Waals surface area (Å²) in [5.74, 6) is 0.677. The van der Waals surface area contributed by atoms with Gasteiger partial charge in [0.2, 0.25) is 0 Å². The lowest BCUT2D eigenvalue weighted by Crippen LogP contribution is -2.43. The number of likely N-dealkylation sites (tertiary alicyclic amines) is 1. The van der Waals surface area contributed by atoms with Crippen LogP contribution in [-0.4, -0.2) is 22.5 Å². The molecule has 12 heavy (non-hydrogen) atoms. The van der Waals surface area contributed by atoms with Gasteiger partial charge in [-0.25, -0.2) is 0 Å². The molecule has 0 saturated carbocycles. The second-order valence-electron chi connectivity index (χ2n) is 3.87. The Balaban J connectivity index is 2.59. The van der Waals surface area contributed by atoms with Gasteiger partial charge in [-0.15, -0.1) is 0 Å². The SMILES string of the molecule is CCC1CCCN(C(C)C)C1=S. The Morgan fingerprint density at radius 1 is 1.58 bits per heavy atom. The van der Waals surface area contributed by atoms with Crippen molar-refractivity contribution in [3.05, 3.63) is 0 Å². The van der Waals surface area contributed by atoms with Gasteiger partial charge in [0.05, 0.1) is 4.99 Å². The van der Waals surface area contributed by atoms with Crippen LogP contribution in [0.2, 0.25) is 0 Å². The molecule has 1 fully saturated rings. The molecular formula is C10H19NS. The van der Waals surface area contributed by atoms with Gasteiger partial charge < -0.3 is 4.90 Å². The number of thiocarbonyl (C=S) groups is 1. The first-order valence-corrected chi connectivity index (χ1v) is 5.38. The highest BCUT2D eigenvalue weighted by molar-refractivity contribution is 7.80. The van der Waals surface area contributed by atoms with Crippen LogP contribution in [0.5, 0.6) is 0 Å². The average Bonchev–Trinajstić information content (AvgIpc) is 2.04. The van der Waals surface area contributed by atoms with Crippen LogP contribution in [0.15, 0.2) is 0 Å². The van der Waals surface area contributed by atoms with E-state index in [4.69, 9.17) is 12.2 Å². The lowest BCUT2D eigenvalue weighted by atomic mass is 9.94. The van der Waals surface area contributed by atoms with E-state index < -0.39 is 0 Å². The summed E-state index contributed by atoms with van der Waals surface area (Å²) in [6, 6.07) is 0.590. The summed E-state index contributed by atoms with van der Waals surface area (Å²) < 4.78 is 0. The third-order valence-corrected chi connectivity index (χ3v) is 3.27. The van der Waals surface area contributed by atoms with E-state index in [0.29, 0.717) is 12.0 Å². The van der Waals surface area contributed by atoms with Gasteiger partial charge in [0.1, 0.15) is 0 Å². The lowest BCUT2D eigenvalue weighted by Gasteiger charge is -2.37. The van der Waals surface area contributed by atoms with Crippen molar-refractivity contribution in [2.45, 2.75) is 46.1 Å². The monoisotopic (exact) mass is 185 g/mol. The normalized spacial score (nSPS) is 25.2. The number of piperidine rings is 1. The Kier molecular flexibility index (Phi) is 3.51. The van der Waals surface area contributed by atoms with Crippen molar-refractivity contribution in [1.82, 2.24) is 4.90 Å². The van der Waals surface area contributed by atoms with E-state index in [1.54, 1.807) is 0 Å². The van der Waals surface area contributed by atoms with Gasteiger partial charge in [-0.05, 0) is 33.1 Å². The summed E-state index contributed by atoms with van der Waals surface area (Å²) >= 11 is 5.45. The Bertz CT molecular complexity index is 165. The summed E-state index contributed by atoms with van der Waals surface area (Å²) in [6.45, 7) is 7.86. The molecule has 1 atom stereocenters. The number of rotatable bonds is 2. The zero-order valence-electron chi connectivity index (χ0n) is 8.34. The number of hydrogen-bond donors (Lipinski definition) is 0. The van der Waals surface area contributed by atoms with Crippen LogP contribution in [0.4, 0.5) is 0 Å². The van der Waals surface area contributed by atoms with Crippen LogP contribution in [0.1, 0.15) is 40.0 Å². The topological polar surface area (TPSA) is 3.24 Å². The highest BCUT2D eigenvalue weighted by Gasteiger charge is 2.24. The molecule has 1 nitrogen and oxygen atoms in total. The maximum absolute atomic E-state index is 5.45. The van der Waals surface area contributed by atoms with Crippen molar-refractivity contribution >= 4 is 17.2 Å². The van der Waals surface area contributed by atoms with Crippen LogP contribution in [0.3, 0.4) is 0 Å². The Labute approximate surface area is 81.1 Å². The Hall–Kier alpha value is -0.110. The van der Waals surface area contributed by atoms with E-state index in [0.717, 1.165) is 0 Å². The first-order chi connectivity index (χ1) is 5.66. The van der Waals surface area contributed by atoms with Crippen LogP contribution in [0, 0.1) is 5.92 Å². The minimum absolute atomic E-state index is 0.590. The fourth-order valence-electron chi connectivity index (χ4n) is 1.87. The molecule has 0 bridgehead atoms. The highest BCUT2D eigenvalue weighted by Crippen LogP contribution is 2.23. The molecule has 0 aromatic carbocycles. The number of hydrogen-bond acceptors (Lipinski definition) is 1. The summed E-state index contributed by atoms with van der Waals surface area (Å²) in [4.78, 5) is 3.59. The Morgan fingerprint density at radius 3 is 2.75 bits per heavy atom. The molecule has 0 aromatic heterocycles. The van der Waals surface area contributed by atoms with Crippen molar-refractivity contribution in [3.8, 4) is 0 Å². The maximum Gasteiger partial charge on any atom is 0.0812 e. The quantitative estimate of drug-likeness (QED) is 0.609. The van der Waals surface area contributed by atoms with E-state index >= 15 is 0 Å². The summed E-state index contributed by atoms with van der Waals surface area (Å²) in [6.07, 6.45) is 3.83. The van der Waals surface area contributed by atoms with E-state index in [-0.39, 0.29) is 0 Å². The van der Waals surface area contributed by atoms with Crippen molar-refractivity contribution in [1.29, 1.82) is 0 Å². The van der Waals surface area contributed by atoms with E-state index in [1.807, 2.05) is 0 Å². The smallest absolute Gasteiger partial charge is 0.0812 e. The molecule has 1 aliphatic heterocycles. The predicted molar refractivity (Wildman–Crippen MR) is 57.5 cm³/mol. The second-order valence-corrected chi connectivity index (χ2v) is 4.29. The van der Waals surface area contributed by atoms with E-state index in [1.165, 1.54) is 30.8 Å². The molecule has 1 rings (SSSR count). The molecule has 0 N–H and O–H groups in total. The molecule has 70 valence electrons. The number of nitrogens with zero attached hydrogens (tertiary/aromatic N) is 1. The van der Waals surface area contributed by atoms with Gasteiger partial charge >= 0.3 is 0 Å². The fourth-order valence-corrected chi connectivity index (χ4v) is 2.45. The van der Waals surface area contributed by atoms with Crippen molar-refractivity contribution < 1.29 is 0 Å². The molecular weight excluding hydrogens is 166 g/mol. The van der Waals surface area contributed by atoms with Crippen LogP contribution < -0.4 is 0 Å². The molecule has 0 spiro atoms. The molecule has 0 radical (unpaired) electrons. The highest BCUT2D eigenvalue weighted by atomic mass is 32.1. The van der Waals surface area contributed by atoms with Gasteiger partial charge in [-0.1, -0.05) is 19.1 Å². The molecule has 1 unspecified atom stereocenters. The van der Waals surface area contributed by atoms with Gasteiger partial charge in [-0.3, -0.25) is 0 Å². The largest absolute Gasteiger partial charge is 0.364 e. The second kappa shape index (κ2) is 4.22. The van der Waals surface area contributed by atoms with Crippen molar-refractivity contribution in [2.75, 3.05) is 6.54 Å². The summed E-state index contributed by atoms with van der Waals surface area (Å²) in [5.41, 5.74) is 0. The minimum Gasteiger partial charge on any atom is -0.364 e. The van der Waals surface area contributed by atoms with Crippen LogP contribution in [0.25, 0.3) is 0 Å². The zero-order chi connectivity index (χ0) is 9.14. The first kappa shape index (κ1) is 9.97. The Morgan fingerprint density at radius 2 is 2.25 bits per heavy atom. The summed E-state index contributed by atoms with van der Waals surface area (Å²) in [5, 5.41) is 0. The molecule has 1 aliphatic rings. The van der Waals surface area contributed by atoms with E-state index in [9.17, 15) is 0 Å². The van der Waals surface area contributed by atoms with Crippen molar-refractivity contribution in [3.63, 3.8) is 0 Å². The van der Waals surface area contributed by atoms with Gasteiger partial charge in [0.15, 0.2) is 0 Å². The molecule has 0 amide bonds. The molecule has 0 aliphatic carbocycles. The standard InChI is InChI=1S/C10H19NS/c1-4-9-6-5-7-11(8(2)3)10(9)12/h8-9H,4-7H2,1-3H3. The maximum atomic E-state index is 5.45. The molecule has 1 saturated heterocycles. The van der Waals surface area contributed by atoms with Gasteiger partial charge in [0, 0.05) is 18.5 Å². The summed E-state index contributed by atoms with van der Waals surface area (Å²) in [7, 11) is 0. The van der Waals surface area contributed by atoms with Crippen molar-refractivity contribution in [2.24, 2.45) is 5.92 Å². The van der Waals surface area contributed by atoms with E-state index in [2.05, 4.69) is 25.7 Å². The predicted octanol–water partition coefficient (Wildman–Crippen LogP) is 2.84. The third-order valence-electron chi connectivity index (χ3n) is 2.70. The zero-order valence-corrected chi connectivity index (χ0v) is 9.16. The molecule has 0 aromatic rings. The lowest BCUT2D eigenvalue weighted by molar-refractivity contribution is 0.289. The first-order valence-electron chi connectivity index (χ1n) is 4.97. The third kappa shape index (κ3) is 1.98. The van der Waals surface area contributed by atoms with Crippen LogP contribution >= 0.6 is 12.2 Å². The minimum atomic E-state index is 0.590.